The lowest BCUT2D eigenvalue weighted by Gasteiger charge is -2.20. The van der Waals surface area contributed by atoms with Gasteiger partial charge in [0.25, 0.3) is 0 Å². The smallest absolute Gasteiger partial charge is 0.425 e. The van der Waals surface area contributed by atoms with Crippen LogP contribution in [0, 0.1) is 0 Å². The average Bonchev–Trinajstić information content (AvgIpc) is 3.06. The summed E-state index contributed by atoms with van der Waals surface area (Å²) in [5.74, 6) is -0.762. The van der Waals surface area contributed by atoms with Crippen molar-refractivity contribution in [2.75, 3.05) is 6.61 Å². The van der Waals surface area contributed by atoms with Crippen LogP contribution in [0.5, 0.6) is 5.75 Å². The van der Waals surface area contributed by atoms with Crippen LogP contribution in [0.4, 0.5) is 13.2 Å². The van der Waals surface area contributed by atoms with Crippen LogP contribution in [0.2, 0.25) is 0 Å². The predicted octanol–water partition coefficient (Wildman–Crippen LogP) is 11.4. The first kappa shape index (κ1) is 37.0. The van der Waals surface area contributed by atoms with Crippen LogP contribution in [0.25, 0.3) is 11.1 Å². The van der Waals surface area contributed by atoms with Gasteiger partial charge in [0.05, 0.1) is 29.8 Å². The van der Waals surface area contributed by atoms with E-state index in [2.05, 4.69) is 6.92 Å². The lowest BCUT2D eigenvalue weighted by atomic mass is 10.0. The molecule has 0 aliphatic rings. The van der Waals surface area contributed by atoms with Gasteiger partial charge in [-0.25, -0.2) is 9.59 Å². The van der Waals surface area contributed by atoms with E-state index in [0.29, 0.717) is 29.9 Å². The third-order valence-corrected chi connectivity index (χ3v) is 8.26. The fraction of sp³-hybridized carbons (Fsp3) is 0.459. The topological polar surface area (TPSA) is 61.8 Å². The molecule has 0 heterocycles. The number of carbonyl (C=O) groups excluding carboxylic acids is 2. The summed E-state index contributed by atoms with van der Waals surface area (Å²) in [6, 6.07) is 20.6. The minimum atomic E-state index is -4.63. The molecule has 9 heteroatoms. The molecule has 3 aromatic carbocycles. The number of esters is 1. The Balaban J connectivity index is 1.43. The SMILES string of the molecule is CCCCCCCCCOc1ccc(-c2ccc(C(=O)OSc3ccc(C(=O)OC(CCCCCC)C(F)(F)F)cc3)cc2)cc1. The molecule has 0 aromatic heterocycles. The van der Waals surface area contributed by atoms with Crippen molar-refractivity contribution in [2.24, 2.45) is 0 Å². The highest BCUT2D eigenvalue weighted by molar-refractivity contribution is 7.95. The molecule has 0 aliphatic heterocycles. The Bertz CT molecular complexity index is 1310. The zero-order valence-electron chi connectivity index (χ0n) is 26.8. The van der Waals surface area contributed by atoms with Crippen LogP contribution in [0.3, 0.4) is 0 Å². The third kappa shape index (κ3) is 13.1. The molecule has 1 atom stereocenters. The molecule has 0 spiro atoms. The van der Waals surface area contributed by atoms with Gasteiger partial charge < -0.3 is 13.7 Å². The number of hydrogen-bond donors (Lipinski definition) is 0. The van der Waals surface area contributed by atoms with Crippen LogP contribution in [-0.4, -0.2) is 30.8 Å². The molecule has 0 fully saturated rings. The molecular weight excluding hydrogens is 613 g/mol. The molecule has 0 bridgehead atoms. The number of benzene rings is 3. The van der Waals surface area contributed by atoms with E-state index in [4.69, 9.17) is 13.7 Å². The zero-order valence-corrected chi connectivity index (χ0v) is 27.6. The van der Waals surface area contributed by atoms with Gasteiger partial charge in [0.1, 0.15) is 5.75 Å². The Kier molecular flexibility index (Phi) is 16.0. The Morgan fingerprint density at radius 2 is 1.15 bits per heavy atom. The van der Waals surface area contributed by atoms with Crippen molar-refractivity contribution in [1.82, 2.24) is 0 Å². The van der Waals surface area contributed by atoms with Crippen molar-refractivity contribution in [1.29, 1.82) is 0 Å². The second-order valence-electron chi connectivity index (χ2n) is 11.3. The first-order valence-electron chi connectivity index (χ1n) is 16.3. The van der Waals surface area contributed by atoms with Gasteiger partial charge in [0.15, 0.2) is 6.10 Å². The maximum atomic E-state index is 13.4. The first-order chi connectivity index (χ1) is 22.2. The van der Waals surface area contributed by atoms with Gasteiger partial charge in [0.2, 0.25) is 0 Å². The molecule has 0 radical (unpaired) electrons. The van der Waals surface area contributed by atoms with E-state index in [1.165, 1.54) is 62.8 Å². The Hall–Kier alpha value is -3.46. The summed E-state index contributed by atoms with van der Waals surface area (Å²) < 4.78 is 56.1. The minimum Gasteiger partial charge on any atom is -0.494 e. The summed E-state index contributed by atoms with van der Waals surface area (Å²) in [6.45, 7) is 4.90. The fourth-order valence-corrected chi connectivity index (χ4v) is 5.33. The molecule has 3 rings (SSSR count). The predicted molar refractivity (Wildman–Crippen MR) is 177 cm³/mol. The minimum absolute atomic E-state index is 0.0122. The maximum Gasteiger partial charge on any atom is 0.425 e. The number of carbonyl (C=O) groups is 2. The van der Waals surface area contributed by atoms with E-state index in [0.717, 1.165) is 48.2 Å². The molecule has 3 aromatic rings. The zero-order chi connectivity index (χ0) is 33.2. The fourth-order valence-electron chi connectivity index (χ4n) is 4.82. The molecule has 46 heavy (non-hydrogen) atoms. The second-order valence-corrected chi connectivity index (χ2v) is 12.1. The van der Waals surface area contributed by atoms with Gasteiger partial charge >= 0.3 is 18.1 Å². The normalized spacial score (nSPS) is 12.0. The van der Waals surface area contributed by atoms with Gasteiger partial charge in [-0.3, -0.25) is 0 Å². The number of rotatable bonds is 20. The summed E-state index contributed by atoms with van der Waals surface area (Å²) in [6.07, 6.45) is 4.35. The van der Waals surface area contributed by atoms with Gasteiger partial charge in [-0.05, 0) is 78.9 Å². The van der Waals surface area contributed by atoms with Crippen LogP contribution in [0.1, 0.15) is 112 Å². The monoisotopic (exact) mass is 658 g/mol. The van der Waals surface area contributed by atoms with Crippen molar-refractivity contribution in [3.63, 3.8) is 0 Å². The highest BCUT2D eigenvalue weighted by atomic mass is 32.2. The van der Waals surface area contributed by atoms with E-state index >= 15 is 0 Å². The summed E-state index contributed by atoms with van der Waals surface area (Å²) in [7, 11) is 0. The van der Waals surface area contributed by atoms with Gasteiger partial charge in [-0.1, -0.05) is 95.9 Å². The second kappa shape index (κ2) is 19.9. The number of unbranched alkanes of at least 4 members (excludes halogenated alkanes) is 9. The van der Waals surface area contributed by atoms with E-state index in [1.54, 1.807) is 12.1 Å². The standard InChI is InChI=1S/C37H45F3O5S/c1-3-5-7-9-10-11-13-27-43-32-23-19-29(20-24-32)28-15-17-31(18-16-28)36(42)45-46-33-25-21-30(22-26-33)35(41)44-34(37(38,39)40)14-12-8-6-4-2/h15-26,34H,3-14,27H2,1-2H3. The Morgan fingerprint density at radius 1 is 0.652 bits per heavy atom. The van der Waals surface area contributed by atoms with Crippen molar-refractivity contribution in [3.05, 3.63) is 83.9 Å². The first-order valence-corrected chi connectivity index (χ1v) is 17.0. The van der Waals surface area contributed by atoms with Crippen molar-refractivity contribution >= 4 is 24.0 Å². The lowest BCUT2D eigenvalue weighted by Crippen LogP contribution is -2.33. The molecule has 1 unspecified atom stereocenters. The number of ether oxygens (including phenoxy) is 2. The molecule has 0 amide bonds. The summed E-state index contributed by atoms with van der Waals surface area (Å²) in [4.78, 5) is 25.5. The maximum absolute atomic E-state index is 13.4. The quantitative estimate of drug-likeness (QED) is 0.0684. The van der Waals surface area contributed by atoms with Gasteiger partial charge in [-0.2, -0.15) is 13.2 Å². The largest absolute Gasteiger partial charge is 0.494 e. The van der Waals surface area contributed by atoms with Gasteiger partial charge in [-0.15, -0.1) is 0 Å². The average molecular weight is 659 g/mol. The van der Waals surface area contributed by atoms with Crippen LogP contribution >= 0.6 is 12.0 Å². The lowest BCUT2D eigenvalue weighted by molar-refractivity contribution is -0.206. The Morgan fingerprint density at radius 3 is 1.74 bits per heavy atom. The number of alkyl halides is 3. The Labute approximate surface area is 275 Å². The number of hydrogen-bond acceptors (Lipinski definition) is 6. The summed E-state index contributed by atoms with van der Waals surface area (Å²) in [5.41, 5.74) is 2.29. The molecule has 0 saturated carbocycles. The third-order valence-electron chi connectivity index (χ3n) is 7.56. The van der Waals surface area contributed by atoms with Crippen molar-refractivity contribution in [3.8, 4) is 16.9 Å². The van der Waals surface area contributed by atoms with Crippen LogP contribution in [-0.2, 0) is 8.92 Å². The van der Waals surface area contributed by atoms with E-state index in [1.807, 2.05) is 43.3 Å². The molecule has 0 saturated heterocycles. The molecule has 5 nitrogen and oxygen atoms in total. The molecule has 250 valence electrons. The van der Waals surface area contributed by atoms with E-state index in [9.17, 15) is 22.8 Å². The molecular formula is C37H45F3O5S. The number of halogens is 3. The van der Waals surface area contributed by atoms with Crippen LogP contribution < -0.4 is 4.74 Å². The van der Waals surface area contributed by atoms with E-state index in [-0.39, 0.29) is 12.0 Å². The molecule has 0 aliphatic carbocycles. The van der Waals surface area contributed by atoms with Crippen LogP contribution in [0.15, 0.2) is 77.7 Å². The highest BCUT2D eigenvalue weighted by Crippen LogP contribution is 2.29. The molecule has 0 N–H and O–H groups in total. The van der Waals surface area contributed by atoms with Gasteiger partial charge in [0, 0.05) is 4.90 Å². The summed E-state index contributed by atoms with van der Waals surface area (Å²) >= 11 is 0.798. The highest BCUT2D eigenvalue weighted by Gasteiger charge is 2.42. The summed E-state index contributed by atoms with van der Waals surface area (Å²) in [5, 5.41) is 0. The van der Waals surface area contributed by atoms with Crippen molar-refractivity contribution < 1.29 is 36.4 Å². The van der Waals surface area contributed by atoms with E-state index < -0.39 is 24.2 Å². The van der Waals surface area contributed by atoms with Crippen molar-refractivity contribution in [2.45, 2.75) is 108 Å².